The monoisotopic (exact) mass is 593 g/mol. The fourth-order valence-corrected chi connectivity index (χ4v) is 6.27. The molecule has 5 rings (SSSR count). The first-order valence-electron chi connectivity index (χ1n) is 12.1. The third kappa shape index (κ3) is 5.42. The molecule has 1 fully saturated rings. The molecule has 2 heterocycles. The molecule has 204 valence electrons. The van der Waals surface area contributed by atoms with Crippen LogP contribution in [0.25, 0.3) is 5.76 Å². The summed E-state index contributed by atoms with van der Waals surface area (Å²) in [6.45, 7) is 2.03. The summed E-state index contributed by atoms with van der Waals surface area (Å²) in [5, 5.41) is 20.5. The normalized spacial score (nSPS) is 16.4. The lowest BCUT2D eigenvalue weighted by molar-refractivity contribution is -0.132. The van der Waals surface area contributed by atoms with Gasteiger partial charge in [-0.1, -0.05) is 70.6 Å². The maximum Gasteiger partial charge on any atom is 0.301 e. The molecule has 1 amide bonds. The number of amides is 1. The Kier molecular flexibility index (Phi) is 8.11. The van der Waals surface area contributed by atoms with Crippen LogP contribution < -0.4 is 14.4 Å². The van der Waals surface area contributed by atoms with E-state index in [1.165, 1.54) is 47.8 Å². The maximum absolute atomic E-state index is 13.5. The number of thioether (sulfide) groups is 1. The van der Waals surface area contributed by atoms with Crippen molar-refractivity contribution in [3.63, 3.8) is 0 Å². The summed E-state index contributed by atoms with van der Waals surface area (Å²) in [6.07, 6.45) is 0. The highest BCUT2D eigenvalue weighted by Gasteiger charge is 2.48. The number of anilines is 1. The fraction of sp³-hybridized carbons (Fsp3) is 0.172. The van der Waals surface area contributed by atoms with Gasteiger partial charge in [0.15, 0.2) is 15.8 Å². The van der Waals surface area contributed by atoms with E-state index >= 15 is 0 Å². The van der Waals surface area contributed by atoms with Crippen LogP contribution in [0.3, 0.4) is 0 Å². The molecule has 0 bridgehead atoms. The largest absolute Gasteiger partial charge is 0.507 e. The average molecular weight is 594 g/mol. The predicted molar refractivity (Wildman–Crippen MR) is 156 cm³/mol. The molecule has 0 radical (unpaired) electrons. The van der Waals surface area contributed by atoms with Crippen LogP contribution in [0.2, 0.25) is 5.02 Å². The van der Waals surface area contributed by atoms with Gasteiger partial charge in [-0.2, -0.15) is 0 Å². The highest BCUT2D eigenvalue weighted by molar-refractivity contribution is 8.00. The van der Waals surface area contributed by atoms with Gasteiger partial charge in [0.2, 0.25) is 5.13 Å². The van der Waals surface area contributed by atoms with Gasteiger partial charge in [-0.25, -0.2) is 0 Å². The van der Waals surface area contributed by atoms with Crippen LogP contribution in [0.1, 0.15) is 28.3 Å². The van der Waals surface area contributed by atoms with Crippen molar-refractivity contribution in [1.29, 1.82) is 0 Å². The molecule has 11 heteroatoms. The molecular formula is C29H24ClN3O5S2. The number of nitrogens with zero attached hydrogens (tertiary/aromatic N) is 3. The summed E-state index contributed by atoms with van der Waals surface area (Å²) in [6, 6.07) is 18.6. The first-order chi connectivity index (χ1) is 19.3. The van der Waals surface area contributed by atoms with Crippen molar-refractivity contribution in [2.45, 2.75) is 23.1 Å². The number of hydrogen-bond donors (Lipinski definition) is 1. The quantitative estimate of drug-likeness (QED) is 0.0819. The molecule has 1 N–H and O–H groups in total. The first-order valence-corrected chi connectivity index (χ1v) is 14.3. The number of halogens is 1. The topological polar surface area (TPSA) is 102 Å². The molecule has 1 aromatic heterocycles. The minimum absolute atomic E-state index is 0.0800. The molecule has 4 aromatic rings. The number of aliphatic hydroxyl groups excluding tert-OH is 1. The summed E-state index contributed by atoms with van der Waals surface area (Å²) in [5.74, 6) is -0.424. The van der Waals surface area contributed by atoms with E-state index in [1.807, 2.05) is 19.1 Å². The second kappa shape index (κ2) is 11.7. The summed E-state index contributed by atoms with van der Waals surface area (Å²) in [5.41, 5.74) is 3.09. The van der Waals surface area contributed by atoms with Gasteiger partial charge < -0.3 is 14.6 Å². The van der Waals surface area contributed by atoms with Gasteiger partial charge in [-0.3, -0.25) is 14.5 Å². The van der Waals surface area contributed by atoms with E-state index in [9.17, 15) is 14.7 Å². The lowest BCUT2D eigenvalue weighted by atomic mass is 9.95. The number of rotatable bonds is 8. The van der Waals surface area contributed by atoms with Crippen LogP contribution in [-0.4, -0.2) is 41.2 Å². The molecule has 3 aromatic carbocycles. The van der Waals surface area contributed by atoms with Crippen molar-refractivity contribution >= 4 is 57.3 Å². The summed E-state index contributed by atoms with van der Waals surface area (Å²) < 4.78 is 11.5. The maximum atomic E-state index is 13.5. The zero-order chi connectivity index (χ0) is 28.4. The number of methoxy groups -OCH3 is 2. The lowest BCUT2D eigenvalue weighted by Gasteiger charge is -2.23. The van der Waals surface area contributed by atoms with Crippen LogP contribution in [-0.2, 0) is 15.3 Å². The molecule has 0 spiro atoms. The van der Waals surface area contributed by atoms with Crippen molar-refractivity contribution in [1.82, 2.24) is 10.2 Å². The lowest BCUT2D eigenvalue weighted by Crippen LogP contribution is -2.29. The van der Waals surface area contributed by atoms with Gasteiger partial charge in [0.1, 0.15) is 5.76 Å². The third-order valence-corrected chi connectivity index (χ3v) is 8.75. The van der Waals surface area contributed by atoms with Gasteiger partial charge in [-0.05, 0) is 54.4 Å². The summed E-state index contributed by atoms with van der Waals surface area (Å²) >= 11 is 8.71. The standard InChI is InChI=1S/C29H24ClN3O5S2/c1-16-4-6-17(7-5-16)15-39-29-32-31-28(40-29)33-24(19-10-13-21(37-2)22(14-19)38-3)23(26(35)27(33)36)25(34)18-8-11-20(30)12-9-18/h4-14,24,34H,15H2,1-3H3/b25-23-. The Bertz CT molecular complexity index is 1600. The predicted octanol–water partition coefficient (Wildman–Crippen LogP) is 6.44. The Morgan fingerprint density at radius 2 is 1.70 bits per heavy atom. The Morgan fingerprint density at radius 1 is 1.00 bits per heavy atom. The zero-order valence-electron chi connectivity index (χ0n) is 21.8. The summed E-state index contributed by atoms with van der Waals surface area (Å²) in [7, 11) is 3.01. The van der Waals surface area contributed by atoms with E-state index in [2.05, 4.69) is 22.3 Å². The molecule has 1 aliphatic heterocycles. The van der Waals surface area contributed by atoms with Crippen molar-refractivity contribution in [2.24, 2.45) is 0 Å². The van der Waals surface area contributed by atoms with E-state index in [-0.39, 0.29) is 16.5 Å². The smallest absolute Gasteiger partial charge is 0.301 e. The highest BCUT2D eigenvalue weighted by atomic mass is 35.5. The minimum Gasteiger partial charge on any atom is -0.507 e. The van der Waals surface area contributed by atoms with E-state index in [4.69, 9.17) is 21.1 Å². The number of hydrogen-bond acceptors (Lipinski definition) is 9. The number of aliphatic hydroxyl groups is 1. The van der Waals surface area contributed by atoms with Gasteiger partial charge in [0.25, 0.3) is 5.78 Å². The van der Waals surface area contributed by atoms with Gasteiger partial charge in [-0.15, -0.1) is 10.2 Å². The molecule has 1 unspecified atom stereocenters. The Hall–Kier alpha value is -3.86. The molecule has 1 atom stereocenters. The van der Waals surface area contributed by atoms with E-state index in [1.54, 1.807) is 42.5 Å². The fourth-order valence-electron chi connectivity index (χ4n) is 4.32. The Morgan fingerprint density at radius 3 is 2.38 bits per heavy atom. The van der Waals surface area contributed by atoms with E-state index in [0.717, 1.165) is 5.56 Å². The minimum atomic E-state index is -0.988. The van der Waals surface area contributed by atoms with Crippen LogP contribution in [0.15, 0.2) is 76.6 Å². The van der Waals surface area contributed by atoms with Crippen LogP contribution in [0, 0.1) is 6.92 Å². The van der Waals surface area contributed by atoms with Crippen molar-refractivity contribution in [2.75, 3.05) is 19.1 Å². The SMILES string of the molecule is COc1ccc(C2/C(=C(/O)c3ccc(Cl)cc3)C(=O)C(=O)N2c2nnc(SCc3ccc(C)cc3)s2)cc1OC. The molecule has 1 aliphatic rings. The van der Waals surface area contributed by atoms with Crippen LogP contribution >= 0.6 is 34.7 Å². The zero-order valence-corrected chi connectivity index (χ0v) is 24.1. The van der Waals surface area contributed by atoms with Crippen LogP contribution in [0.4, 0.5) is 5.13 Å². The van der Waals surface area contributed by atoms with Gasteiger partial charge >= 0.3 is 5.91 Å². The molecule has 40 heavy (non-hydrogen) atoms. The number of aryl methyl sites for hydroxylation is 1. The van der Waals surface area contributed by atoms with Gasteiger partial charge in [0, 0.05) is 16.3 Å². The summed E-state index contributed by atoms with van der Waals surface area (Å²) in [4.78, 5) is 28.2. The van der Waals surface area contributed by atoms with Crippen molar-refractivity contribution < 1.29 is 24.2 Å². The molecule has 1 saturated heterocycles. The number of Topliss-reactive ketones (excluding diaryl/α,β-unsaturated/α-hetero) is 1. The molecule has 0 aliphatic carbocycles. The van der Waals surface area contributed by atoms with Crippen molar-refractivity contribution in [3.8, 4) is 11.5 Å². The molecule has 8 nitrogen and oxygen atoms in total. The van der Waals surface area contributed by atoms with E-state index < -0.39 is 17.7 Å². The highest BCUT2D eigenvalue weighted by Crippen LogP contribution is 2.45. The molecular weight excluding hydrogens is 570 g/mol. The Labute approximate surface area is 244 Å². The number of carbonyl (C=O) groups excluding carboxylic acids is 2. The number of ether oxygens (including phenoxy) is 2. The number of carbonyl (C=O) groups is 2. The number of ketones is 1. The van der Waals surface area contributed by atoms with E-state index in [0.29, 0.717) is 37.7 Å². The molecule has 0 saturated carbocycles. The Balaban J connectivity index is 1.57. The average Bonchev–Trinajstić information content (AvgIpc) is 3.54. The number of aromatic nitrogens is 2. The second-order valence-corrected chi connectivity index (χ2v) is 11.5. The van der Waals surface area contributed by atoms with Gasteiger partial charge in [0.05, 0.1) is 25.8 Å². The second-order valence-electron chi connectivity index (χ2n) is 8.92. The third-order valence-electron chi connectivity index (χ3n) is 6.37. The number of benzene rings is 3. The first kappa shape index (κ1) is 27.7. The van der Waals surface area contributed by atoms with Crippen LogP contribution in [0.5, 0.6) is 11.5 Å². The van der Waals surface area contributed by atoms with Crippen molar-refractivity contribution in [3.05, 3.63) is 99.6 Å².